The molecule has 1 aliphatic rings. The van der Waals surface area contributed by atoms with E-state index >= 15 is 0 Å². The number of para-hydroxylation sites is 1. The van der Waals surface area contributed by atoms with Crippen LogP contribution in [0, 0.1) is 0 Å². The van der Waals surface area contributed by atoms with Gasteiger partial charge in [-0.25, -0.2) is 0 Å². The first-order chi connectivity index (χ1) is 8.61. The minimum atomic E-state index is 0.139. The Hall–Kier alpha value is -1.35. The minimum absolute atomic E-state index is 0.139. The van der Waals surface area contributed by atoms with Gasteiger partial charge in [-0.2, -0.15) is 0 Å². The van der Waals surface area contributed by atoms with Crippen LogP contribution >= 0.6 is 0 Å². The zero-order valence-electron chi connectivity index (χ0n) is 11.5. The predicted octanol–water partition coefficient (Wildman–Crippen LogP) is 2.52. The highest BCUT2D eigenvalue weighted by Crippen LogP contribution is 2.30. The number of carbonyl (C=O) groups is 1. The number of amides is 1. The third-order valence-corrected chi connectivity index (χ3v) is 3.81. The fourth-order valence-electron chi connectivity index (χ4n) is 3.02. The fraction of sp³-hybridized carbons (Fsp3) is 0.533. The van der Waals surface area contributed by atoms with Gasteiger partial charge in [-0.3, -0.25) is 4.79 Å². The molecule has 1 aromatic carbocycles. The monoisotopic (exact) mass is 246 g/mol. The van der Waals surface area contributed by atoms with E-state index in [-0.39, 0.29) is 5.91 Å². The molecule has 0 unspecified atom stereocenters. The van der Waals surface area contributed by atoms with E-state index in [2.05, 4.69) is 19.0 Å². The first-order valence-electron chi connectivity index (χ1n) is 6.62. The Labute approximate surface area is 109 Å². The first kappa shape index (κ1) is 13.1. The van der Waals surface area contributed by atoms with Gasteiger partial charge < -0.3 is 9.80 Å². The number of likely N-dealkylation sites (N-methyl/N-ethyl adjacent to an activating group) is 1. The number of anilines is 1. The van der Waals surface area contributed by atoms with Crippen LogP contribution in [0.5, 0.6) is 0 Å². The second-order valence-corrected chi connectivity index (χ2v) is 5.25. The third-order valence-electron chi connectivity index (χ3n) is 3.81. The Balaban J connectivity index is 2.28. The molecule has 0 heterocycles. The van der Waals surface area contributed by atoms with E-state index in [9.17, 15) is 4.79 Å². The average Bonchev–Trinajstić information content (AvgIpc) is 2.79. The molecule has 0 spiro atoms. The summed E-state index contributed by atoms with van der Waals surface area (Å²) in [4.78, 5) is 16.2. The maximum atomic E-state index is 12.0. The van der Waals surface area contributed by atoms with Gasteiger partial charge >= 0.3 is 0 Å². The van der Waals surface area contributed by atoms with Crippen LogP contribution in [0.1, 0.15) is 26.2 Å². The van der Waals surface area contributed by atoms with Crippen molar-refractivity contribution in [2.75, 3.05) is 19.0 Å². The zero-order valence-corrected chi connectivity index (χ0v) is 11.5. The van der Waals surface area contributed by atoms with E-state index in [4.69, 9.17) is 0 Å². The molecule has 1 aliphatic carbocycles. The van der Waals surface area contributed by atoms with Crippen LogP contribution in [-0.4, -0.2) is 37.0 Å². The van der Waals surface area contributed by atoms with E-state index < -0.39 is 0 Å². The molecule has 3 heteroatoms. The van der Waals surface area contributed by atoms with Crippen molar-refractivity contribution in [3.8, 4) is 0 Å². The van der Waals surface area contributed by atoms with Crippen LogP contribution in [0.3, 0.4) is 0 Å². The van der Waals surface area contributed by atoms with Gasteiger partial charge in [0.2, 0.25) is 5.91 Å². The van der Waals surface area contributed by atoms with Crippen molar-refractivity contribution in [1.82, 2.24) is 4.90 Å². The average molecular weight is 246 g/mol. The highest BCUT2D eigenvalue weighted by molar-refractivity contribution is 5.92. The fourth-order valence-corrected chi connectivity index (χ4v) is 3.02. The van der Waals surface area contributed by atoms with Crippen molar-refractivity contribution < 1.29 is 4.79 Å². The van der Waals surface area contributed by atoms with E-state index in [1.807, 2.05) is 35.2 Å². The number of carbonyl (C=O) groups excluding carboxylic acids is 1. The molecule has 0 N–H and O–H groups in total. The standard InChI is InChI=1S/C15H22N2O/c1-12(18)17(13-8-5-4-6-9-13)15-11-7-10-14(15)16(2)3/h4-6,8-9,14-15H,7,10-11H2,1-3H3/t14-,15+/m0/s1. The summed E-state index contributed by atoms with van der Waals surface area (Å²) >= 11 is 0. The topological polar surface area (TPSA) is 23.6 Å². The highest BCUT2D eigenvalue weighted by Gasteiger charge is 2.35. The van der Waals surface area contributed by atoms with Crippen molar-refractivity contribution in [2.45, 2.75) is 38.3 Å². The second kappa shape index (κ2) is 5.53. The molecule has 1 aromatic rings. The normalized spacial score (nSPS) is 23.3. The summed E-state index contributed by atoms with van der Waals surface area (Å²) in [5.41, 5.74) is 1.02. The smallest absolute Gasteiger partial charge is 0.224 e. The molecule has 1 fully saturated rings. The van der Waals surface area contributed by atoms with E-state index in [0.29, 0.717) is 12.1 Å². The van der Waals surface area contributed by atoms with Crippen LogP contribution in [0.2, 0.25) is 0 Å². The van der Waals surface area contributed by atoms with E-state index in [0.717, 1.165) is 12.1 Å². The highest BCUT2D eigenvalue weighted by atomic mass is 16.2. The molecule has 18 heavy (non-hydrogen) atoms. The molecule has 0 saturated heterocycles. The summed E-state index contributed by atoms with van der Waals surface area (Å²) in [6.45, 7) is 1.66. The van der Waals surface area contributed by atoms with Gasteiger partial charge in [-0.15, -0.1) is 0 Å². The summed E-state index contributed by atoms with van der Waals surface area (Å²) in [5.74, 6) is 0.139. The molecule has 3 nitrogen and oxygen atoms in total. The lowest BCUT2D eigenvalue weighted by Gasteiger charge is -2.35. The molecule has 0 aliphatic heterocycles. The first-order valence-corrected chi connectivity index (χ1v) is 6.62. The van der Waals surface area contributed by atoms with Gasteiger partial charge in [0.1, 0.15) is 0 Å². The molecule has 98 valence electrons. The number of nitrogens with zero attached hydrogens (tertiary/aromatic N) is 2. The van der Waals surface area contributed by atoms with Gasteiger partial charge in [0.15, 0.2) is 0 Å². The Morgan fingerprint density at radius 2 is 1.72 bits per heavy atom. The van der Waals surface area contributed by atoms with Crippen LogP contribution in [0.4, 0.5) is 5.69 Å². The van der Waals surface area contributed by atoms with Crippen molar-refractivity contribution >= 4 is 11.6 Å². The maximum Gasteiger partial charge on any atom is 0.224 e. The van der Waals surface area contributed by atoms with Gasteiger partial charge in [-0.05, 0) is 45.5 Å². The van der Waals surface area contributed by atoms with Gasteiger partial charge in [0.25, 0.3) is 0 Å². The van der Waals surface area contributed by atoms with Gasteiger partial charge in [0, 0.05) is 18.7 Å². The maximum absolute atomic E-state index is 12.0. The molecule has 0 bridgehead atoms. The molecule has 1 saturated carbocycles. The summed E-state index contributed by atoms with van der Waals surface area (Å²) in [7, 11) is 4.21. The molecule has 2 rings (SSSR count). The molecule has 0 radical (unpaired) electrons. The van der Waals surface area contributed by atoms with Crippen molar-refractivity contribution in [1.29, 1.82) is 0 Å². The Morgan fingerprint density at radius 1 is 1.11 bits per heavy atom. The lowest BCUT2D eigenvalue weighted by Crippen LogP contribution is -2.48. The van der Waals surface area contributed by atoms with Crippen molar-refractivity contribution in [2.24, 2.45) is 0 Å². The summed E-state index contributed by atoms with van der Waals surface area (Å²) < 4.78 is 0. The van der Waals surface area contributed by atoms with Crippen LogP contribution in [0.15, 0.2) is 30.3 Å². The minimum Gasteiger partial charge on any atom is -0.308 e. The van der Waals surface area contributed by atoms with Gasteiger partial charge in [0.05, 0.1) is 6.04 Å². The Morgan fingerprint density at radius 3 is 2.28 bits per heavy atom. The lowest BCUT2D eigenvalue weighted by molar-refractivity contribution is -0.117. The SMILES string of the molecule is CC(=O)N(c1ccccc1)[C@@H]1CCC[C@@H]1N(C)C. The molecule has 0 aromatic heterocycles. The Bertz CT molecular complexity index is 402. The zero-order chi connectivity index (χ0) is 13.1. The molecule has 1 amide bonds. The van der Waals surface area contributed by atoms with Crippen molar-refractivity contribution in [3.05, 3.63) is 30.3 Å². The quantitative estimate of drug-likeness (QED) is 0.818. The van der Waals surface area contributed by atoms with Crippen LogP contribution in [0.25, 0.3) is 0 Å². The number of hydrogen-bond donors (Lipinski definition) is 0. The number of rotatable bonds is 3. The largest absolute Gasteiger partial charge is 0.308 e. The molecule has 2 atom stereocenters. The molecular weight excluding hydrogens is 224 g/mol. The van der Waals surface area contributed by atoms with Crippen LogP contribution in [-0.2, 0) is 4.79 Å². The summed E-state index contributed by atoms with van der Waals surface area (Å²) in [6, 6.07) is 10.8. The van der Waals surface area contributed by atoms with Crippen molar-refractivity contribution in [3.63, 3.8) is 0 Å². The predicted molar refractivity (Wildman–Crippen MR) is 74.7 cm³/mol. The third kappa shape index (κ3) is 2.56. The Kier molecular flexibility index (Phi) is 4.02. The number of hydrogen-bond acceptors (Lipinski definition) is 2. The van der Waals surface area contributed by atoms with Gasteiger partial charge in [-0.1, -0.05) is 18.2 Å². The summed E-state index contributed by atoms with van der Waals surface area (Å²) in [5, 5.41) is 0. The summed E-state index contributed by atoms with van der Waals surface area (Å²) in [6.07, 6.45) is 3.47. The van der Waals surface area contributed by atoms with E-state index in [1.54, 1.807) is 6.92 Å². The van der Waals surface area contributed by atoms with E-state index in [1.165, 1.54) is 12.8 Å². The number of benzene rings is 1. The second-order valence-electron chi connectivity index (χ2n) is 5.25. The lowest BCUT2D eigenvalue weighted by atomic mass is 10.1. The molecular formula is C15H22N2O. The van der Waals surface area contributed by atoms with Crippen LogP contribution < -0.4 is 4.90 Å².